The van der Waals surface area contributed by atoms with E-state index in [-0.39, 0.29) is 0 Å². The molecule has 0 aromatic heterocycles. The van der Waals surface area contributed by atoms with Crippen molar-refractivity contribution in [2.24, 2.45) is 0 Å². The SMILES string of the molecule is CC(C)(O)c1ccc(OCc2ccccc2)c(Cl)c1. The summed E-state index contributed by atoms with van der Waals surface area (Å²) in [6, 6.07) is 15.3. The van der Waals surface area contributed by atoms with Crippen molar-refractivity contribution < 1.29 is 9.84 Å². The van der Waals surface area contributed by atoms with Gasteiger partial charge in [-0.3, -0.25) is 0 Å². The first kappa shape index (κ1) is 13.9. The summed E-state index contributed by atoms with van der Waals surface area (Å²) >= 11 is 6.17. The topological polar surface area (TPSA) is 29.5 Å². The largest absolute Gasteiger partial charge is 0.487 e. The fourth-order valence-corrected chi connectivity index (χ4v) is 1.97. The van der Waals surface area contributed by atoms with Crippen molar-refractivity contribution in [1.82, 2.24) is 0 Å². The molecule has 2 rings (SSSR count). The fourth-order valence-electron chi connectivity index (χ4n) is 1.73. The van der Waals surface area contributed by atoms with Gasteiger partial charge >= 0.3 is 0 Å². The molecule has 0 amide bonds. The van der Waals surface area contributed by atoms with E-state index < -0.39 is 5.60 Å². The molecule has 0 atom stereocenters. The van der Waals surface area contributed by atoms with Gasteiger partial charge < -0.3 is 9.84 Å². The minimum atomic E-state index is -0.901. The number of benzene rings is 2. The highest BCUT2D eigenvalue weighted by Gasteiger charge is 2.17. The summed E-state index contributed by atoms with van der Waals surface area (Å²) in [7, 11) is 0. The second kappa shape index (κ2) is 5.64. The third-order valence-electron chi connectivity index (χ3n) is 2.88. The molecule has 2 nitrogen and oxygen atoms in total. The maximum absolute atomic E-state index is 9.91. The van der Waals surface area contributed by atoms with Crippen LogP contribution in [0.2, 0.25) is 5.02 Å². The lowest BCUT2D eigenvalue weighted by Crippen LogP contribution is -2.15. The molecule has 2 aromatic carbocycles. The van der Waals surface area contributed by atoms with Crippen LogP contribution in [0.1, 0.15) is 25.0 Å². The lowest BCUT2D eigenvalue weighted by molar-refractivity contribution is 0.0785. The van der Waals surface area contributed by atoms with Crippen LogP contribution in [0.25, 0.3) is 0 Å². The molecule has 2 aromatic rings. The summed E-state index contributed by atoms with van der Waals surface area (Å²) < 4.78 is 5.68. The van der Waals surface area contributed by atoms with E-state index in [4.69, 9.17) is 16.3 Å². The third-order valence-corrected chi connectivity index (χ3v) is 3.17. The van der Waals surface area contributed by atoms with Crippen molar-refractivity contribution >= 4 is 11.6 Å². The van der Waals surface area contributed by atoms with Crippen LogP contribution in [0, 0.1) is 0 Å². The molecule has 0 radical (unpaired) electrons. The molecule has 3 heteroatoms. The van der Waals surface area contributed by atoms with Crippen molar-refractivity contribution in [1.29, 1.82) is 0 Å². The summed E-state index contributed by atoms with van der Waals surface area (Å²) in [5.41, 5.74) is 0.955. The van der Waals surface area contributed by atoms with E-state index in [9.17, 15) is 5.11 Å². The molecular formula is C16H17ClO2. The molecule has 0 bridgehead atoms. The van der Waals surface area contributed by atoms with Crippen LogP contribution in [0.4, 0.5) is 0 Å². The van der Waals surface area contributed by atoms with Gasteiger partial charge in [0.25, 0.3) is 0 Å². The van der Waals surface area contributed by atoms with Gasteiger partial charge in [0.2, 0.25) is 0 Å². The molecule has 0 fully saturated rings. The zero-order valence-electron chi connectivity index (χ0n) is 11.1. The highest BCUT2D eigenvalue weighted by atomic mass is 35.5. The van der Waals surface area contributed by atoms with Crippen LogP contribution in [0.15, 0.2) is 48.5 Å². The van der Waals surface area contributed by atoms with Gasteiger partial charge in [0.05, 0.1) is 10.6 Å². The Balaban J connectivity index is 2.10. The van der Waals surface area contributed by atoms with Crippen molar-refractivity contribution in [3.8, 4) is 5.75 Å². The average Bonchev–Trinajstić information content (AvgIpc) is 2.37. The summed E-state index contributed by atoms with van der Waals surface area (Å²) in [4.78, 5) is 0. The first-order valence-corrected chi connectivity index (χ1v) is 6.54. The van der Waals surface area contributed by atoms with Gasteiger partial charge in [-0.05, 0) is 37.1 Å². The third kappa shape index (κ3) is 3.72. The number of rotatable bonds is 4. The van der Waals surface area contributed by atoms with Gasteiger partial charge in [0.1, 0.15) is 12.4 Å². The van der Waals surface area contributed by atoms with Gasteiger partial charge in [0.15, 0.2) is 0 Å². The van der Waals surface area contributed by atoms with Crippen LogP contribution < -0.4 is 4.74 Å². The molecule has 0 aliphatic rings. The van der Waals surface area contributed by atoms with Crippen LogP contribution >= 0.6 is 11.6 Å². The second-order valence-corrected chi connectivity index (χ2v) is 5.39. The molecule has 0 saturated heterocycles. The van der Waals surface area contributed by atoms with Crippen molar-refractivity contribution in [3.63, 3.8) is 0 Å². The lowest BCUT2D eigenvalue weighted by atomic mass is 9.98. The van der Waals surface area contributed by atoms with E-state index in [1.807, 2.05) is 36.4 Å². The zero-order valence-corrected chi connectivity index (χ0v) is 11.8. The fraction of sp³-hybridized carbons (Fsp3) is 0.250. The van der Waals surface area contributed by atoms with E-state index in [2.05, 4.69) is 0 Å². The number of ether oxygens (including phenoxy) is 1. The smallest absolute Gasteiger partial charge is 0.138 e. The van der Waals surface area contributed by atoms with Crippen molar-refractivity contribution in [2.75, 3.05) is 0 Å². The van der Waals surface area contributed by atoms with E-state index in [0.717, 1.165) is 11.1 Å². The average molecular weight is 277 g/mol. The Hall–Kier alpha value is -1.51. The molecule has 0 aliphatic heterocycles. The van der Waals surface area contributed by atoms with E-state index in [1.54, 1.807) is 26.0 Å². The summed E-state index contributed by atoms with van der Waals surface area (Å²) in [5, 5.41) is 10.4. The number of hydrogen-bond acceptors (Lipinski definition) is 2. The Morgan fingerprint density at radius 1 is 1.11 bits per heavy atom. The highest BCUT2D eigenvalue weighted by Crippen LogP contribution is 2.30. The molecule has 0 unspecified atom stereocenters. The number of hydrogen-bond donors (Lipinski definition) is 1. The number of halogens is 1. The Kier molecular flexibility index (Phi) is 4.13. The first-order chi connectivity index (χ1) is 8.97. The summed E-state index contributed by atoms with van der Waals surface area (Å²) in [5.74, 6) is 0.624. The monoisotopic (exact) mass is 276 g/mol. The lowest BCUT2D eigenvalue weighted by Gasteiger charge is -2.19. The zero-order chi connectivity index (χ0) is 13.9. The Morgan fingerprint density at radius 2 is 1.79 bits per heavy atom. The quantitative estimate of drug-likeness (QED) is 0.909. The molecule has 1 N–H and O–H groups in total. The predicted octanol–water partition coefficient (Wildman–Crippen LogP) is 4.15. The standard InChI is InChI=1S/C16H17ClO2/c1-16(2,18)13-8-9-15(14(17)10-13)19-11-12-6-4-3-5-7-12/h3-10,18H,11H2,1-2H3. The van der Waals surface area contributed by atoms with Crippen LogP contribution in [0.3, 0.4) is 0 Å². The van der Waals surface area contributed by atoms with Crippen LogP contribution in [-0.2, 0) is 12.2 Å². The highest BCUT2D eigenvalue weighted by molar-refractivity contribution is 6.32. The predicted molar refractivity (Wildman–Crippen MR) is 77.5 cm³/mol. The maximum Gasteiger partial charge on any atom is 0.138 e. The Bertz CT molecular complexity index is 544. The molecule has 0 aliphatic carbocycles. The summed E-state index contributed by atoms with van der Waals surface area (Å²) in [6.45, 7) is 3.93. The minimum Gasteiger partial charge on any atom is -0.487 e. The van der Waals surface area contributed by atoms with E-state index >= 15 is 0 Å². The molecule has 0 spiro atoms. The first-order valence-electron chi connectivity index (χ1n) is 6.16. The summed E-state index contributed by atoms with van der Waals surface area (Å²) in [6.07, 6.45) is 0. The molecular weight excluding hydrogens is 260 g/mol. The van der Waals surface area contributed by atoms with Crippen LogP contribution in [-0.4, -0.2) is 5.11 Å². The van der Waals surface area contributed by atoms with Gasteiger partial charge in [-0.2, -0.15) is 0 Å². The molecule has 0 saturated carbocycles. The molecule has 19 heavy (non-hydrogen) atoms. The molecule has 0 heterocycles. The van der Waals surface area contributed by atoms with Gasteiger partial charge in [-0.15, -0.1) is 0 Å². The maximum atomic E-state index is 9.91. The van der Waals surface area contributed by atoms with Gasteiger partial charge in [-0.25, -0.2) is 0 Å². The van der Waals surface area contributed by atoms with Crippen LogP contribution in [0.5, 0.6) is 5.75 Å². The number of aliphatic hydroxyl groups is 1. The van der Waals surface area contributed by atoms with E-state index in [0.29, 0.717) is 17.4 Å². The normalized spacial score (nSPS) is 11.4. The minimum absolute atomic E-state index is 0.475. The van der Waals surface area contributed by atoms with Crippen molar-refractivity contribution in [3.05, 3.63) is 64.7 Å². The van der Waals surface area contributed by atoms with Gasteiger partial charge in [-0.1, -0.05) is 48.0 Å². The van der Waals surface area contributed by atoms with E-state index in [1.165, 1.54) is 0 Å². The van der Waals surface area contributed by atoms with Gasteiger partial charge in [0, 0.05) is 0 Å². The van der Waals surface area contributed by atoms with Crippen molar-refractivity contribution in [2.45, 2.75) is 26.1 Å². The second-order valence-electron chi connectivity index (χ2n) is 4.98. The Labute approximate surface area is 118 Å². The molecule has 100 valence electrons. The Morgan fingerprint density at radius 3 is 2.37 bits per heavy atom.